The zero-order valence-corrected chi connectivity index (χ0v) is 11.8. The summed E-state index contributed by atoms with van der Waals surface area (Å²) in [4.78, 5) is 7.99. The van der Waals surface area contributed by atoms with Crippen LogP contribution < -0.4 is 11.1 Å². The number of nitrogens with two attached hydrogens (primary N) is 1. The van der Waals surface area contributed by atoms with Gasteiger partial charge in [0.2, 0.25) is 5.95 Å². The number of halogens is 4. The maximum absolute atomic E-state index is 13.0. The smallest absolute Gasteiger partial charge is 0.230 e. The summed E-state index contributed by atoms with van der Waals surface area (Å²) in [5, 5.41) is 3.04. The maximum Gasteiger partial charge on any atom is 0.230 e. The van der Waals surface area contributed by atoms with Crippen LogP contribution in [0.25, 0.3) is 0 Å². The number of benzene rings is 1. The highest BCUT2D eigenvalue weighted by Gasteiger charge is 2.10. The fourth-order valence-electron chi connectivity index (χ4n) is 1.26. The second-order valence-corrected chi connectivity index (χ2v) is 4.94. The van der Waals surface area contributed by atoms with Crippen LogP contribution in [0.3, 0.4) is 0 Å². The van der Waals surface area contributed by atoms with E-state index in [1.54, 1.807) is 6.07 Å². The van der Waals surface area contributed by atoms with Crippen molar-refractivity contribution in [1.29, 1.82) is 0 Å². The molecule has 0 spiro atoms. The number of rotatable bonds is 2. The molecule has 0 aliphatic carbocycles. The Kier molecular flexibility index (Phi) is 3.89. The summed E-state index contributed by atoms with van der Waals surface area (Å²) in [7, 11) is 0. The number of nitrogens with zero attached hydrogens (tertiary/aromatic N) is 2. The van der Waals surface area contributed by atoms with E-state index in [2.05, 4.69) is 31.2 Å². The van der Waals surface area contributed by atoms with E-state index >= 15 is 0 Å². The number of nitrogen functional groups attached to an aromatic ring is 1. The highest BCUT2D eigenvalue weighted by atomic mass is 79.9. The summed E-state index contributed by atoms with van der Waals surface area (Å²) in [6.07, 6.45) is 0. The average molecular weight is 352 g/mol. The number of hydrogen-bond acceptors (Lipinski definition) is 4. The lowest BCUT2D eigenvalue weighted by Crippen LogP contribution is -2.01. The minimum Gasteiger partial charge on any atom is -0.383 e. The van der Waals surface area contributed by atoms with Crippen molar-refractivity contribution < 1.29 is 4.39 Å². The third-order valence-electron chi connectivity index (χ3n) is 1.96. The van der Waals surface area contributed by atoms with E-state index in [-0.39, 0.29) is 21.8 Å². The standard InChI is InChI=1S/C10H6BrCl2FN4/c11-7-3-8(15)17-10(16-7)18-9-5(12)1-4(14)2-6(9)13/h1-3H,(H3,15,16,17,18). The Morgan fingerprint density at radius 3 is 2.33 bits per heavy atom. The molecule has 0 aliphatic heterocycles. The van der Waals surface area contributed by atoms with Gasteiger partial charge in [-0.05, 0) is 28.1 Å². The molecule has 2 aromatic rings. The molecule has 94 valence electrons. The minimum absolute atomic E-state index is 0.127. The molecular formula is C10H6BrCl2FN4. The van der Waals surface area contributed by atoms with Crippen LogP contribution in [0.1, 0.15) is 0 Å². The molecule has 18 heavy (non-hydrogen) atoms. The number of hydrogen-bond donors (Lipinski definition) is 2. The monoisotopic (exact) mass is 350 g/mol. The van der Waals surface area contributed by atoms with Gasteiger partial charge in [0.1, 0.15) is 16.2 Å². The molecule has 0 bridgehead atoms. The Morgan fingerprint density at radius 2 is 1.78 bits per heavy atom. The topological polar surface area (TPSA) is 63.8 Å². The summed E-state index contributed by atoms with van der Waals surface area (Å²) in [6.45, 7) is 0. The zero-order valence-electron chi connectivity index (χ0n) is 8.72. The fourth-order valence-corrected chi connectivity index (χ4v) is 2.22. The van der Waals surface area contributed by atoms with Crippen LogP contribution in [0.4, 0.5) is 21.8 Å². The number of nitrogens with one attached hydrogen (secondary N) is 1. The lowest BCUT2D eigenvalue weighted by atomic mass is 10.3. The third-order valence-corrected chi connectivity index (χ3v) is 2.96. The van der Waals surface area contributed by atoms with Crippen molar-refractivity contribution in [3.05, 3.63) is 38.7 Å². The summed E-state index contributed by atoms with van der Waals surface area (Å²) in [5.74, 6) is -0.0451. The van der Waals surface area contributed by atoms with E-state index < -0.39 is 5.82 Å². The van der Waals surface area contributed by atoms with Gasteiger partial charge in [-0.1, -0.05) is 23.2 Å². The van der Waals surface area contributed by atoms with Crippen molar-refractivity contribution in [3.63, 3.8) is 0 Å². The minimum atomic E-state index is -0.523. The van der Waals surface area contributed by atoms with Crippen LogP contribution in [-0.4, -0.2) is 9.97 Å². The Labute approximate surface area is 120 Å². The van der Waals surface area contributed by atoms with Crippen LogP contribution in [0, 0.1) is 5.82 Å². The first-order valence-electron chi connectivity index (χ1n) is 4.67. The summed E-state index contributed by atoms with van der Waals surface area (Å²) >= 11 is 14.9. The molecule has 0 atom stereocenters. The second-order valence-electron chi connectivity index (χ2n) is 3.31. The van der Waals surface area contributed by atoms with Gasteiger partial charge in [-0.15, -0.1) is 0 Å². The molecule has 0 aliphatic rings. The molecule has 1 aromatic carbocycles. The van der Waals surface area contributed by atoms with Gasteiger partial charge >= 0.3 is 0 Å². The molecule has 0 radical (unpaired) electrons. The van der Waals surface area contributed by atoms with Crippen molar-refractivity contribution in [2.75, 3.05) is 11.1 Å². The fraction of sp³-hybridized carbons (Fsp3) is 0. The van der Waals surface area contributed by atoms with Gasteiger partial charge in [-0.3, -0.25) is 0 Å². The first kappa shape index (κ1) is 13.3. The lowest BCUT2D eigenvalue weighted by Gasteiger charge is -2.09. The van der Waals surface area contributed by atoms with Gasteiger partial charge in [-0.25, -0.2) is 9.37 Å². The summed E-state index contributed by atoms with van der Waals surface area (Å²) < 4.78 is 13.5. The second kappa shape index (κ2) is 5.26. The molecule has 1 aromatic heterocycles. The van der Waals surface area contributed by atoms with Gasteiger partial charge in [0, 0.05) is 6.07 Å². The predicted octanol–water partition coefficient (Wildman–Crippen LogP) is 4.01. The van der Waals surface area contributed by atoms with Crippen molar-refractivity contribution in [1.82, 2.24) is 9.97 Å². The Balaban J connectivity index is 2.40. The predicted molar refractivity (Wildman–Crippen MR) is 73.8 cm³/mol. The van der Waals surface area contributed by atoms with Gasteiger partial charge in [0.25, 0.3) is 0 Å². The van der Waals surface area contributed by atoms with Gasteiger partial charge < -0.3 is 11.1 Å². The Morgan fingerprint density at radius 1 is 1.17 bits per heavy atom. The van der Waals surface area contributed by atoms with E-state index in [0.29, 0.717) is 10.3 Å². The highest BCUT2D eigenvalue weighted by molar-refractivity contribution is 9.10. The summed E-state index contributed by atoms with van der Waals surface area (Å²) in [6, 6.07) is 3.81. The zero-order chi connectivity index (χ0) is 13.3. The Hall–Kier alpha value is -1.11. The molecular weight excluding hydrogens is 346 g/mol. The summed E-state index contributed by atoms with van der Waals surface area (Å²) in [5.41, 5.74) is 5.88. The van der Waals surface area contributed by atoms with Crippen LogP contribution in [0.2, 0.25) is 10.0 Å². The van der Waals surface area contributed by atoms with Crippen molar-refractivity contribution in [2.45, 2.75) is 0 Å². The third kappa shape index (κ3) is 3.01. The van der Waals surface area contributed by atoms with Crippen LogP contribution >= 0.6 is 39.1 Å². The normalized spacial score (nSPS) is 10.4. The quantitative estimate of drug-likeness (QED) is 0.802. The number of anilines is 3. The van der Waals surface area contributed by atoms with Crippen LogP contribution in [-0.2, 0) is 0 Å². The average Bonchev–Trinajstić information content (AvgIpc) is 2.22. The van der Waals surface area contributed by atoms with E-state index in [4.69, 9.17) is 28.9 Å². The molecule has 2 rings (SSSR count). The SMILES string of the molecule is Nc1cc(Br)nc(Nc2c(Cl)cc(F)cc2Cl)n1. The first-order chi connectivity index (χ1) is 8.45. The lowest BCUT2D eigenvalue weighted by molar-refractivity contribution is 0.628. The largest absolute Gasteiger partial charge is 0.383 e. The van der Waals surface area contributed by atoms with Crippen molar-refractivity contribution in [3.8, 4) is 0 Å². The van der Waals surface area contributed by atoms with Crippen molar-refractivity contribution >= 4 is 56.6 Å². The van der Waals surface area contributed by atoms with Gasteiger partial charge in [0.15, 0.2) is 0 Å². The molecule has 0 saturated carbocycles. The highest BCUT2D eigenvalue weighted by Crippen LogP contribution is 2.33. The van der Waals surface area contributed by atoms with Crippen LogP contribution in [0.5, 0.6) is 0 Å². The van der Waals surface area contributed by atoms with E-state index in [1.807, 2.05) is 0 Å². The van der Waals surface area contributed by atoms with Gasteiger partial charge in [-0.2, -0.15) is 4.98 Å². The van der Waals surface area contributed by atoms with E-state index in [9.17, 15) is 4.39 Å². The Bertz CT molecular complexity index is 565. The molecule has 0 unspecified atom stereocenters. The van der Waals surface area contributed by atoms with Crippen LogP contribution in [0.15, 0.2) is 22.8 Å². The maximum atomic E-state index is 13.0. The van der Waals surface area contributed by atoms with Gasteiger partial charge in [0.05, 0.1) is 15.7 Å². The molecule has 8 heteroatoms. The van der Waals surface area contributed by atoms with E-state index in [1.165, 1.54) is 0 Å². The molecule has 4 nitrogen and oxygen atoms in total. The number of aromatic nitrogens is 2. The molecule has 0 fully saturated rings. The molecule has 3 N–H and O–H groups in total. The molecule has 0 saturated heterocycles. The van der Waals surface area contributed by atoms with E-state index in [0.717, 1.165) is 12.1 Å². The molecule has 1 heterocycles. The first-order valence-corrected chi connectivity index (χ1v) is 6.22. The van der Waals surface area contributed by atoms with Crippen molar-refractivity contribution in [2.24, 2.45) is 0 Å². The molecule has 0 amide bonds.